The van der Waals surface area contributed by atoms with Crippen LogP contribution in [0.3, 0.4) is 0 Å². The van der Waals surface area contributed by atoms with E-state index < -0.39 is 0 Å². The average molecular weight is 310 g/mol. The molecule has 1 heterocycles. The van der Waals surface area contributed by atoms with E-state index in [2.05, 4.69) is 55.8 Å². The summed E-state index contributed by atoms with van der Waals surface area (Å²) in [5, 5.41) is 0.847. The molecule has 1 fully saturated rings. The molecule has 1 aliphatic heterocycles. The first-order valence-electron chi connectivity index (χ1n) is 7.93. The highest BCUT2D eigenvalue weighted by Crippen LogP contribution is 2.30. The minimum Gasteiger partial charge on any atom is -0.367 e. The summed E-state index contributed by atoms with van der Waals surface area (Å²) in [6.07, 6.45) is 1.89. The van der Waals surface area contributed by atoms with Crippen LogP contribution in [0.15, 0.2) is 18.2 Å². The average Bonchev–Trinajstić information content (AvgIpc) is 2.44. The van der Waals surface area contributed by atoms with Gasteiger partial charge < -0.3 is 10.6 Å². The van der Waals surface area contributed by atoms with Gasteiger partial charge in [-0.1, -0.05) is 24.6 Å². The van der Waals surface area contributed by atoms with Crippen molar-refractivity contribution in [3.63, 3.8) is 0 Å². The molecule has 2 N–H and O–H groups in total. The Morgan fingerprint density at radius 3 is 2.43 bits per heavy atom. The van der Waals surface area contributed by atoms with Gasteiger partial charge in [0.15, 0.2) is 0 Å². The summed E-state index contributed by atoms with van der Waals surface area (Å²) >= 11 is 6.53. The lowest BCUT2D eigenvalue weighted by Gasteiger charge is -2.43. The van der Waals surface area contributed by atoms with Gasteiger partial charge in [0.1, 0.15) is 0 Å². The molecule has 1 saturated heterocycles. The molecule has 1 aromatic rings. The van der Waals surface area contributed by atoms with Crippen LogP contribution in [0, 0.1) is 0 Å². The van der Waals surface area contributed by atoms with Gasteiger partial charge in [-0.15, -0.1) is 0 Å². The highest BCUT2D eigenvalue weighted by atomic mass is 35.5. The van der Waals surface area contributed by atoms with Crippen molar-refractivity contribution in [3.8, 4) is 0 Å². The molecule has 1 aromatic carbocycles. The Kier molecular flexibility index (Phi) is 5.53. The third kappa shape index (κ3) is 3.91. The first-order chi connectivity index (χ1) is 9.92. The first-order valence-corrected chi connectivity index (χ1v) is 8.31. The topological polar surface area (TPSA) is 32.5 Å². The Morgan fingerprint density at radius 1 is 1.29 bits per heavy atom. The number of hydrogen-bond acceptors (Lipinski definition) is 3. The molecule has 4 heteroatoms. The molecule has 0 bridgehead atoms. The molecule has 3 unspecified atom stereocenters. The van der Waals surface area contributed by atoms with E-state index in [-0.39, 0.29) is 6.04 Å². The van der Waals surface area contributed by atoms with Crippen molar-refractivity contribution < 1.29 is 0 Å². The number of piperazine rings is 1. The van der Waals surface area contributed by atoms with Crippen LogP contribution in [-0.4, -0.2) is 43.2 Å². The molecule has 0 aliphatic carbocycles. The summed E-state index contributed by atoms with van der Waals surface area (Å²) in [5.41, 5.74) is 8.41. The summed E-state index contributed by atoms with van der Waals surface area (Å²) in [6, 6.07) is 7.71. The number of nitrogens with two attached hydrogens (primary N) is 1. The van der Waals surface area contributed by atoms with Crippen LogP contribution >= 0.6 is 11.6 Å². The Hall–Kier alpha value is -0.770. The molecular weight excluding hydrogens is 282 g/mol. The summed E-state index contributed by atoms with van der Waals surface area (Å²) in [7, 11) is 2.20. The Balaban J connectivity index is 2.14. The van der Waals surface area contributed by atoms with Crippen LogP contribution in [0.5, 0.6) is 0 Å². The molecule has 3 atom stereocenters. The maximum atomic E-state index is 6.53. The highest BCUT2D eigenvalue weighted by molar-refractivity contribution is 6.33. The molecule has 2 rings (SSSR count). The van der Waals surface area contributed by atoms with Crippen molar-refractivity contribution in [2.75, 3.05) is 25.0 Å². The van der Waals surface area contributed by atoms with E-state index in [0.29, 0.717) is 12.1 Å². The standard InChI is InChI=1S/C17H28ClN3/c1-5-15(19)8-14-6-7-17(16(18)9-14)21-10-12(2)20(4)13(3)11-21/h6-7,9,12-13,15H,5,8,10-11,19H2,1-4H3. The smallest absolute Gasteiger partial charge is 0.0642 e. The van der Waals surface area contributed by atoms with E-state index >= 15 is 0 Å². The van der Waals surface area contributed by atoms with Crippen LogP contribution in [-0.2, 0) is 6.42 Å². The number of hydrogen-bond donors (Lipinski definition) is 1. The largest absolute Gasteiger partial charge is 0.367 e. The Bertz CT molecular complexity index is 465. The zero-order valence-corrected chi connectivity index (χ0v) is 14.4. The lowest BCUT2D eigenvalue weighted by atomic mass is 10.0. The third-order valence-corrected chi connectivity index (χ3v) is 5.04. The Labute approximate surface area is 134 Å². The maximum absolute atomic E-state index is 6.53. The molecule has 3 nitrogen and oxygen atoms in total. The first kappa shape index (κ1) is 16.6. The van der Waals surface area contributed by atoms with Gasteiger partial charge >= 0.3 is 0 Å². The Morgan fingerprint density at radius 2 is 1.90 bits per heavy atom. The molecule has 21 heavy (non-hydrogen) atoms. The van der Waals surface area contributed by atoms with E-state index in [1.807, 2.05) is 0 Å². The molecule has 0 saturated carbocycles. The van der Waals surface area contributed by atoms with Gasteiger partial charge in [-0.05, 0) is 51.4 Å². The minimum atomic E-state index is 0.218. The van der Waals surface area contributed by atoms with Crippen molar-refractivity contribution in [3.05, 3.63) is 28.8 Å². The number of nitrogens with zero attached hydrogens (tertiary/aromatic N) is 2. The summed E-state index contributed by atoms with van der Waals surface area (Å²) in [6.45, 7) is 8.70. The number of halogens is 1. The van der Waals surface area contributed by atoms with Crippen molar-refractivity contribution in [1.29, 1.82) is 0 Å². The maximum Gasteiger partial charge on any atom is 0.0642 e. The summed E-state index contributed by atoms with van der Waals surface area (Å²) in [4.78, 5) is 4.83. The second-order valence-corrected chi connectivity index (χ2v) is 6.83. The van der Waals surface area contributed by atoms with Gasteiger partial charge in [0.05, 0.1) is 10.7 Å². The molecule has 0 aromatic heterocycles. The van der Waals surface area contributed by atoms with Gasteiger partial charge in [0.2, 0.25) is 0 Å². The predicted octanol–water partition coefficient (Wildman–Crippen LogP) is 3.15. The predicted molar refractivity (Wildman–Crippen MR) is 92.3 cm³/mol. The number of anilines is 1. The molecule has 0 amide bonds. The zero-order chi connectivity index (χ0) is 15.6. The van der Waals surface area contributed by atoms with Gasteiger partial charge in [-0.2, -0.15) is 0 Å². The van der Waals surface area contributed by atoms with Crippen molar-refractivity contribution in [2.24, 2.45) is 5.73 Å². The molecular formula is C17H28ClN3. The number of benzene rings is 1. The molecule has 1 aliphatic rings. The van der Waals surface area contributed by atoms with E-state index in [0.717, 1.165) is 36.6 Å². The summed E-state index contributed by atoms with van der Waals surface area (Å²) < 4.78 is 0. The monoisotopic (exact) mass is 309 g/mol. The second-order valence-electron chi connectivity index (χ2n) is 6.43. The van der Waals surface area contributed by atoms with Crippen LogP contribution in [0.25, 0.3) is 0 Å². The van der Waals surface area contributed by atoms with Gasteiger partial charge in [-0.25, -0.2) is 0 Å². The highest BCUT2D eigenvalue weighted by Gasteiger charge is 2.27. The fourth-order valence-electron chi connectivity index (χ4n) is 2.98. The van der Waals surface area contributed by atoms with Crippen molar-refractivity contribution in [1.82, 2.24) is 4.90 Å². The van der Waals surface area contributed by atoms with Gasteiger partial charge in [-0.3, -0.25) is 4.90 Å². The lowest BCUT2D eigenvalue weighted by molar-refractivity contribution is 0.170. The van der Waals surface area contributed by atoms with E-state index in [1.54, 1.807) is 0 Å². The zero-order valence-electron chi connectivity index (χ0n) is 13.6. The minimum absolute atomic E-state index is 0.218. The third-order valence-electron chi connectivity index (χ3n) is 4.73. The van der Waals surface area contributed by atoms with E-state index in [1.165, 1.54) is 5.56 Å². The van der Waals surface area contributed by atoms with E-state index in [9.17, 15) is 0 Å². The SMILES string of the molecule is CCC(N)Cc1ccc(N2CC(C)N(C)C(C)C2)c(Cl)c1. The fourth-order valence-corrected chi connectivity index (χ4v) is 3.30. The fraction of sp³-hybridized carbons (Fsp3) is 0.647. The molecule has 0 radical (unpaired) electrons. The molecule has 118 valence electrons. The van der Waals surface area contributed by atoms with Gasteiger partial charge in [0.25, 0.3) is 0 Å². The molecule has 0 spiro atoms. The second kappa shape index (κ2) is 6.99. The van der Waals surface area contributed by atoms with Crippen LogP contribution in [0.2, 0.25) is 5.02 Å². The number of likely N-dealkylation sites (N-methyl/N-ethyl adjacent to an activating group) is 1. The number of rotatable bonds is 4. The van der Waals surface area contributed by atoms with Crippen LogP contribution in [0.4, 0.5) is 5.69 Å². The van der Waals surface area contributed by atoms with Crippen LogP contribution < -0.4 is 10.6 Å². The lowest BCUT2D eigenvalue weighted by Crippen LogP contribution is -2.55. The normalized spacial score (nSPS) is 25.1. The van der Waals surface area contributed by atoms with E-state index in [4.69, 9.17) is 17.3 Å². The summed E-state index contributed by atoms with van der Waals surface area (Å²) in [5.74, 6) is 0. The van der Waals surface area contributed by atoms with Gasteiger partial charge in [0, 0.05) is 31.2 Å². The van der Waals surface area contributed by atoms with Crippen LogP contribution in [0.1, 0.15) is 32.8 Å². The van der Waals surface area contributed by atoms with Crippen molar-refractivity contribution in [2.45, 2.75) is 51.7 Å². The van der Waals surface area contributed by atoms with Crippen molar-refractivity contribution >= 4 is 17.3 Å². The quantitative estimate of drug-likeness (QED) is 0.927.